The highest BCUT2D eigenvalue weighted by molar-refractivity contribution is 6.07. The van der Waals surface area contributed by atoms with E-state index in [4.69, 9.17) is 0 Å². The van der Waals surface area contributed by atoms with E-state index in [1.807, 2.05) is 0 Å². The molecule has 0 N–H and O–H groups in total. The predicted molar refractivity (Wildman–Crippen MR) is 101 cm³/mol. The molecule has 2 aromatic rings. The Hall–Kier alpha value is -3.33. The molecule has 3 rings (SSSR count). The highest BCUT2D eigenvalue weighted by Gasteiger charge is 2.31. The van der Waals surface area contributed by atoms with Crippen LogP contribution in [0.4, 0.5) is 17.6 Å². The zero-order valence-electron chi connectivity index (χ0n) is 15.2. The Labute approximate surface area is 165 Å². The number of ketones is 1. The molecule has 0 radical (unpaired) electrons. The first-order valence-corrected chi connectivity index (χ1v) is 8.80. The SMILES string of the molecule is C=C(c1ccc(OC(F)(F)F)cc1)C1CCC=C(C#Cc2ccccc2F)C1=O. The lowest BCUT2D eigenvalue weighted by atomic mass is 9.80. The van der Waals surface area contributed by atoms with E-state index < -0.39 is 18.1 Å². The Morgan fingerprint density at radius 1 is 1.07 bits per heavy atom. The van der Waals surface area contributed by atoms with Gasteiger partial charge >= 0.3 is 6.36 Å². The second-order valence-corrected chi connectivity index (χ2v) is 6.44. The van der Waals surface area contributed by atoms with Gasteiger partial charge in [0.05, 0.1) is 11.1 Å². The molecule has 1 aliphatic carbocycles. The highest BCUT2D eigenvalue weighted by Crippen LogP contribution is 2.33. The van der Waals surface area contributed by atoms with Crippen LogP contribution in [0.15, 0.2) is 66.8 Å². The molecule has 0 aromatic heterocycles. The molecule has 0 spiro atoms. The largest absolute Gasteiger partial charge is 0.573 e. The van der Waals surface area contributed by atoms with Crippen LogP contribution in [0.2, 0.25) is 0 Å². The standard InChI is InChI=1S/C23H16F4O2/c1-15(16-11-13-19(14-12-16)29-23(25,26)27)20-7-4-6-18(22(20)28)10-9-17-5-2-3-8-21(17)24/h2-3,5-6,8,11-14,20H,1,4,7H2. The third kappa shape index (κ3) is 5.14. The molecule has 2 aromatic carbocycles. The maximum atomic E-state index is 13.7. The van der Waals surface area contributed by atoms with Gasteiger partial charge in [-0.05, 0) is 48.2 Å². The average Bonchev–Trinajstić information content (AvgIpc) is 2.67. The van der Waals surface area contributed by atoms with Crippen molar-refractivity contribution in [1.29, 1.82) is 0 Å². The van der Waals surface area contributed by atoms with Crippen LogP contribution in [0.1, 0.15) is 24.0 Å². The van der Waals surface area contributed by atoms with Gasteiger partial charge in [-0.25, -0.2) is 4.39 Å². The van der Waals surface area contributed by atoms with Crippen molar-refractivity contribution in [2.75, 3.05) is 0 Å². The molecule has 0 amide bonds. The molecule has 1 unspecified atom stereocenters. The fraction of sp³-hybridized carbons (Fsp3) is 0.174. The minimum Gasteiger partial charge on any atom is -0.406 e. The summed E-state index contributed by atoms with van der Waals surface area (Å²) in [6.07, 6.45) is -1.95. The number of halogens is 4. The summed E-state index contributed by atoms with van der Waals surface area (Å²) in [6.45, 7) is 3.95. The first-order valence-electron chi connectivity index (χ1n) is 8.80. The second-order valence-electron chi connectivity index (χ2n) is 6.44. The zero-order valence-corrected chi connectivity index (χ0v) is 15.2. The van der Waals surface area contributed by atoms with E-state index in [1.165, 1.54) is 36.4 Å². The predicted octanol–water partition coefficient (Wildman–Crippen LogP) is 5.69. The van der Waals surface area contributed by atoms with E-state index in [0.29, 0.717) is 24.0 Å². The van der Waals surface area contributed by atoms with Gasteiger partial charge in [0, 0.05) is 5.92 Å². The van der Waals surface area contributed by atoms with Gasteiger partial charge in [-0.3, -0.25) is 4.79 Å². The molecule has 6 heteroatoms. The van der Waals surface area contributed by atoms with Crippen molar-refractivity contribution in [3.8, 4) is 17.6 Å². The number of allylic oxidation sites excluding steroid dienone is 3. The van der Waals surface area contributed by atoms with Gasteiger partial charge in [-0.15, -0.1) is 13.2 Å². The van der Waals surface area contributed by atoms with Crippen molar-refractivity contribution in [2.24, 2.45) is 5.92 Å². The van der Waals surface area contributed by atoms with E-state index in [2.05, 4.69) is 23.2 Å². The molecule has 0 saturated heterocycles. The highest BCUT2D eigenvalue weighted by atomic mass is 19.4. The van der Waals surface area contributed by atoms with Crippen molar-refractivity contribution in [3.63, 3.8) is 0 Å². The molecule has 0 saturated carbocycles. The second kappa shape index (κ2) is 8.36. The molecule has 0 aliphatic heterocycles. The first kappa shape index (κ1) is 20.4. The Morgan fingerprint density at radius 3 is 2.41 bits per heavy atom. The summed E-state index contributed by atoms with van der Waals surface area (Å²) in [5.74, 6) is 3.82. The number of hydrogen-bond acceptors (Lipinski definition) is 2. The molecule has 1 atom stereocenters. The van der Waals surface area contributed by atoms with Crippen LogP contribution in [0.3, 0.4) is 0 Å². The number of carbonyl (C=O) groups excluding carboxylic acids is 1. The summed E-state index contributed by atoms with van der Waals surface area (Å²) >= 11 is 0. The number of Topliss-reactive ketones (excluding diaryl/α,β-unsaturated/α-hetero) is 1. The van der Waals surface area contributed by atoms with Gasteiger partial charge in [0.1, 0.15) is 11.6 Å². The Balaban J connectivity index is 1.75. The lowest BCUT2D eigenvalue weighted by Crippen LogP contribution is -2.21. The number of hydrogen-bond donors (Lipinski definition) is 0. The molecular formula is C23H16F4O2. The van der Waals surface area contributed by atoms with Crippen LogP contribution in [0.25, 0.3) is 5.57 Å². The minimum absolute atomic E-state index is 0.197. The van der Waals surface area contributed by atoms with Crippen molar-refractivity contribution in [2.45, 2.75) is 19.2 Å². The van der Waals surface area contributed by atoms with Crippen molar-refractivity contribution >= 4 is 11.4 Å². The van der Waals surface area contributed by atoms with Crippen molar-refractivity contribution in [3.05, 3.63) is 83.7 Å². The monoisotopic (exact) mass is 400 g/mol. The van der Waals surface area contributed by atoms with Gasteiger partial charge in [-0.1, -0.05) is 48.8 Å². The van der Waals surface area contributed by atoms with Crippen LogP contribution in [-0.4, -0.2) is 12.1 Å². The van der Waals surface area contributed by atoms with Gasteiger partial charge in [0.25, 0.3) is 0 Å². The van der Waals surface area contributed by atoms with Crippen LogP contribution in [-0.2, 0) is 4.79 Å². The molecule has 148 valence electrons. The smallest absolute Gasteiger partial charge is 0.406 e. The third-order valence-corrected chi connectivity index (χ3v) is 4.47. The normalized spacial score (nSPS) is 16.5. The summed E-state index contributed by atoms with van der Waals surface area (Å²) in [4.78, 5) is 12.8. The molecule has 1 aliphatic rings. The number of carbonyl (C=O) groups is 1. The molecule has 29 heavy (non-hydrogen) atoms. The van der Waals surface area contributed by atoms with Crippen LogP contribution < -0.4 is 4.74 Å². The molecule has 2 nitrogen and oxygen atoms in total. The maximum Gasteiger partial charge on any atom is 0.573 e. The molecule has 0 fully saturated rings. The van der Waals surface area contributed by atoms with Gasteiger partial charge in [-0.2, -0.15) is 0 Å². The molecule has 0 heterocycles. The number of alkyl halides is 3. The lowest BCUT2D eigenvalue weighted by Gasteiger charge is -2.22. The van der Waals surface area contributed by atoms with Crippen LogP contribution in [0.5, 0.6) is 5.75 Å². The summed E-state index contributed by atoms with van der Waals surface area (Å²) in [5.41, 5.74) is 1.51. The maximum absolute atomic E-state index is 13.7. The Kier molecular flexibility index (Phi) is 5.88. The van der Waals surface area contributed by atoms with E-state index in [-0.39, 0.29) is 22.7 Å². The minimum atomic E-state index is -4.77. The Morgan fingerprint density at radius 2 is 1.76 bits per heavy atom. The summed E-state index contributed by atoms with van der Waals surface area (Å²) < 4.78 is 54.4. The fourth-order valence-corrected chi connectivity index (χ4v) is 3.03. The van der Waals surface area contributed by atoms with E-state index in [0.717, 1.165) is 0 Å². The molecular weight excluding hydrogens is 384 g/mol. The van der Waals surface area contributed by atoms with E-state index in [1.54, 1.807) is 18.2 Å². The summed E-state index contributed by atoms with van der Waals surface area (Å²) in [6, 6.07) is 11.2. The van der Waals surface area contributed by atoms with Crippen molar-refractivity contribution in [1.82, 2.24) is 0 Å². The molecule has 0 bridgehead atoms. The fourth-order valence-electron chi connectivity index (χ4n) is 3.03. The third-order valence-electron chi connectivity index (χ3n) is 4.47. The van der Waals surface area contributed by atoms with Gasteiger partial charge in [0.15, 0.2) is 5.78 Å². The first-order chi connectivity index (χ1) is 13.7. The van der Waals surface area contributed by atoms with Crippen LogP contribution in [0, 0.1) is 23.6 Å². The summed E-state index contributed by atoms with van der Waals surface area (Å²) in [7, 11) is 0. The average molecular weight is 400 g/mol. The quantitative estimate of drug-likeness (QED) is 0.488. The van der Waals surface area contributed by atoms with E-state index >= 15 is 0 Å². The number of rotatable bonds is 3. The van der Waals surface area contributed by atoms with Crippen molar-refractivity contribution < 1.29 is 27.1 Å². The van der Waals surface area contributed by atoms with E-state index in [9.17, 15) is 22.4 Å². The number of ether oxygens (including phenoxy) is 1. The lowest BCUT2D eigenvalue weighted by molar-refractivity contribution is -0.274. The van der Waals surface area contributed by atoms with Crippen LogP contribution >= 0.6 is 0 Å². The number of benzene rings is 2. The summed E-state index contributed by atoms with van der Waals surface area (Å²) in [5, 5.41) is 0. The topological polar surface area (TPSA) is 26.3 Å². The van der Waals surface area contributed by atoms with Gasteiger partial charge < -0.3 is 4.74 Å². The van der Waals surface area contributed by atoms with Gasteiger partial charge in [0.2, 0.25) is 0 Å². The Bertz CT molecular complexity index is 1020. The zero-order chi connectivity index (χ0) is 21.0.